The van der Waals surface area contributed by atoms with Crippen LogP contribution in [0.1, 0.15) is 5.69 Å². The summed E-state index contributed by atoms with van der Waals surface area (Å²) in [6, 6.07) is 6.12. The number of imidazole rings is 1. The van der Waals surface area contributed by atoms with Crippen LogP contribution in [0.15, 0.2) is 30.6 Å². The topological polar surface area (TPSA) is 20.5 Å². The van der Waals surface area contributed by atoms with Crippen LogP contribution in [0.3, 0.4) is 0 Å². The molecule has 0 atom stereocenters. The molecule has 84 valence electrons. The molecule has 0 bridgehead atoms. The van der Waals surface area contributed by atoms with Crippen molar-refractivity contribution in [2.45, 2.75) is 6.54 Å². The summed E-state index contributed by atoms with van der Waals surface area (Å²) in [4.78, 5) is 7.11. The van der Waals surface area contributed by atoms with Crippen LogP contribution in [-0.2, 0) is 6.54 Å². The molecule has 2 aromatic heterocycles. The Bertz CT molecular complexity index is 441. The average molecular weight is 233 g/mol. The smallest absolute Gasteiger partial charge is 0.137 e. The minimum absolute atomic E-state index is 0.988. The van der Waals surface area contributed by atoms with Crippen molar-refractivity contribution in [2.24, 2.45) is 0 Å². The molecule has 1 aliphatic heterocycles. The third-order valence-corrected chi connectivity index (χ3v) is 3.85. The van der Waals surface area contributed by atoms with Crippen molar-refractivity contribution in [1.29, 1.82) is 0 Å². The van der Waals surface area contributed by atoms with Crippen molar-refractivity contribution in [2.75, 3.05) is 24.6 Å². The fraction of sp³-hybridized carbons (Fsp3) is 0.417. The fourth-order valence-corrected chi connectivity index (χ4v) is 3.03. The van der Waals surface area contributed by atoms with Gasteiger partial charge in [-0.2, -0.15) is 11.8 Å². The van der Waals surface area contributed by atoms with E-state index in [1.165, 1.54) is 30.3 Å². The molecule has 3 heterocycles. The molecule has 4 heteroatoms. The lowest BCUT2D eigenvalue weighted by Crippen LogP contribution is -2.32. The Balaban J connectivity index is 1.78. The van der Waals surface area contributed by atoms with Gasteiger partial charge in [0.25, 0.3) is 0 Å². The Labute approximate surface area is 99.5 Å². The number of fused-ring (bicyclic) bond motifs is 1. The molecule has 0 aromatic carbocycles. The van der Waals surface area contributed by atoms with Gasteiger partial charge in [-0.3, -0.25) is 4.90 Å². The van der Waals surface area contributed by atoms with Gasteiger partial charge in [-0.25, -0.2) is 4.98 Å². The number of rotatable bonds is 2. The van der Waals surface area contributed by atoms with Crippen molar-refractivity contribution in [3.8, 4) is 0 Å². The minimum atomic E-state index is 0.988. The predicted octanol–water partition coefficient (Wildman–Crippen LogP) is 1.88. The molecule has 1 saturated heterocycles. The molecule has 0 N–H and O–H groups in total. The molecule has 2 aromatic rings. The molecule has 1 aliphatic rings. The second kappa shape index (κ2) is 4.47. The first-order valence-electron chi connectivity index (χ1n) is 5.64. The van der Waals surface area contributed by atoms with Crippen LogP contribution < -0.4 is 0 Å². The zero-order valence-electron chi connectivity index (χ0n) is 9.17. The second-order valence-corrected chi connectivity index (χ2v) is 5.31. The molecule has 0 amide bonds. The van der Waals surface area contributed by atoms with E-state index in [9.17, 15) is 0 Å². The number of hydrogen-bond donors (Lipinski definition) is 0. The third-order valence-electron chi connectivity index (χ3n) is 2.90. The van der Waals surface area contributed by atoms with Gasteiger partial charge in [0.2, 0.25) is 0 Å². The fourth-order valence-electron chi connectivity index (χ4n) is 2.05. The van der Waals surface area contributed by atoms with Gasteiger partial charge in [-0.15, -0.1) is 0 Å². The summed E-state index contributed by atoms with van der Waals surface area (Å²) in [6.07, 6.45) is 4.19. The van der Waals surface area contributed by atoms with Gasteiger partial charge >= 0.3 is 0 Å². The number of nitrogens with zero attached hydrogens (tertiary/aromatic N) is 3. The highest BCUT2D eigenvalue weighted by Gasteiger charge is 2.12. The lowest BCUT2D eigenvalue weighted by atomic mass is 10.4. The molecule has 0 radical (unpaired) electrons. The maximum atomic E-state index is 4.62. The van der Waals surface area contributed by atoms with Crippen molar-refractivity contribution in [1.82, 2.24) is 14.3 Å². The zero-order valence-corrected chi connectivity index (χ0v) is 9.99. The van der Waals surface area contributed by atoms with Gasteiger partial charge in [0.1, 0.15) is 5.65 Å². The molecule has 0 aliphatic carbocycles. The summed E-state index contributed by atoms with van der Waals surface area (Å²) >= 11 is 2.05. The summed E-state index contributed by atoms with van der Waals surface area (Å²) in [6.45, 7) is 3.37. The lowest BCUT2D eigenvalue weighted by Gasteiger charge is -2.24. The molecule has 0 unspecified atom stereocenters. The largest absolute Gasteiger partial charge is 0.307 e. The Morgan fingerprint density at radius 2 is 2.12 bits per heavy atom. The van der Waals surface area contributed by atoms with Gasteiger partial charge in [0.15, 0.2) is 0 Å². The first-order chi connectivity index (χ1) is 7.92. The van der Waals surface area contributed by atoms with Crippen LogP contribution in [-0.4, -0.2) is 38.9 Å². The minimum Gasteiger partial charge on any atom is -0.307 e. The SMILES string of the molecule is c1ccn2cc(CN3CCSCC3)nc2c1. The number of aromatic nitrogens is 2. The predicted molar refractivity (Wildman–Crippen MR) is 67.8 cm³/mol. The van der Waals surface area contributed by atoms with Crippen LogP contribution >= 0.6 is 11.8 Å². The summed E-state index contributed by atoms with van der Waals surface area (Å²) in [7, 11) is 0. The van der Waals surface area contributed by atoms with Crippen LogP contribution in [0.5, 0.6) is 0 Å². The Morgan fingerprint density at radius 3 is 2.94 bits per heavy atom. The molecule has 1 fully saturated rings. The van der Waals surface area contributed by atoms with Crippen molar-refractivity contribution < 1.29 is 0 Å². The quantitative estimate of drug-likeness (QED) is 0.790. The van der Waals surface area contributed by atoms with E-state index in [0.29, 0.717) is 0 Å². The summed E-state index contributed by atoms with van der Waals surface area (Å²) in [5.41, 5.74) is 2.22. The van der Waals surface area contributed by atoms with Gasteiger partial charge in [0, 0.05) is 43.5 Å². The monoisotopic (exact) mass is 233 g/mol. The van der Waals surface area contributed by atoms with Crippen LogP contribution in [0.25, 0.3) is 5.65 Å². The van der Waals surface area contributed by atoms with Crippen molar-refractivity contribution >= 4 is 17.4 Å². The van der Waals surface area contributed by atoms with Gasteiger partial charge < -0.3 is 4.40 Å². The third kappa shape index (κ3) is 2.08. The summed E-state index contributed by atoms with van der Waals surface area (Å²) in [5, 5.41) is 0. The van der Waals surface area contributed by atoms with E-state index in [4.69, 9.17) is 0 Å². The zero-order chi connectivity index (χ0) is 10.8. The van der Waals surface area contributed by atoms with E-state index in [2.05, 4.69) is 32.7 Å². The van der Waals surface area contributed by atoms with Crippen molar-refractivity contribution in [3.05, 3.63) is 36.3 Å². The van der Waals surface area contributed by atoms with E-state index in [0.717, 1.165) is 12.2 Å². The highest BCUT2D eigenvalue weighted by Crippen LogP contribution is 2.13. The molecule has 0 spiro atoms. The highest BCUT2D eigenvalue weighted by molar-refractivity contribution is 7.99. The Hall–Kier alpha value is -1.00. The van der Waals surface area contributed by atoms with Gasteiger partial charge in [0.05, 0.1) is 5.69 Å². The molecule has 16 heavy (non-hydrogen) atoms. The van der Waals surface area contributed by atoms with E-state index >= 15 is 0 Å². The van der Waals surface area contributed by atoms with Crippen LogP contribution in [0.4, 0.5) is 0 Å². The number of hydrogen-bond acceptors (Lipinski definition) is 3. The van der Waals surface area contributed by atoms with Gasteiger partial charge in [-0.05, 0) is 12.1 Å². The van der Waals surface area contributed by atoms with E-state index < -0.39 is 0 Å². The molecule has 0 saturated carbocycles. The van der Waals surface area contributed by atoms with E-state index in [1.54, 1.807) is 0 Å². The molecule has 3 nitrogen and oxygen atoms in total. The molecular weight excluding hydrogens is 218 g/mol. The first-order valence-corrected chi connectivity index (χ1v) is 6.80. The standard InChI is InChI=1S/C12H15N3S/c1-2-4-15-10-11(13-12(15)3-1)9-14-5-7-16-8-6-14/h1-4,10H,5-9H2. The normalized spacial score (nSPS) is 18.0. The second-order valence-electron chi connectivity index (χ2n) is 4.09. The Morgan fingerprint density at radius 1 is 1.25 bits per heavy atom. The van der Waals surface area contributed by atoms with Crippen LogP contribution in [0, 0.1) is 0 Å². The van der Waals surface area contributed by atoms with Crippen LogP contribution in [0.2, 0.25) is 0 Å². The summed E-state index contributed by atoms with van der Waals surface area (Å²) in [5.74, 6) is 2.51. The highest BCUT2D eigenvalue weighted by atomic mass is 32.2. The average Bonchev–Trinajstić information content (AvgIpc) is 2.72. The lowest BCUT2D eigenvalue weighted by molar-refractivity contribution is 0.291. The molecule has 3 rings (SSSR count). The number of pyridine rings is 1. The Kier molecular flexibility index (Phi) is 2.84. The van der Waals surface area contributed by atoms with Crippen molar-refractivity contribution in [3.63, 3.8) is 0 Å². The molecular formula is C12H15N3S. The van der Waals surface area contributed by atoms with E-state index in [-0.39, 0.29) is 0 Å². The first kappa shape index (κ1) is 10.2. The maximum Gasteiger partial charge on any atom is 0.137 e. The number of thioether (sulfide) groups is 1. The maximum absolute atomic E-state index is 4.62. The van der Waals surface area contributed by atoms with E-state index in [1.807, 2.05) is 23.9 Å². The summed E-state index contributed by atoms with van der Waals surface area (Å²) < 4.78 is 2.09. The van der Waals surface area contributed by atoms with Gasteiger partial charge in [-0.1, -0.05) is 6.07 Å².